The van der Waals surface area contributed by atoms with Crippen LogP contribution in [0.25, 0.3) is 0 Å². The predicted octanol–water partition coefficient (Wildman–Crippen LogP) is 2.29. The Morgan fingerprint density at radius 2 is 1.95 bits per heavy atom. The molecule has 1 fully saturated rings. The minimum Gasteiger partial charge on any atom is -0.329 e. The van der Waals surface area contributed by atoms with Gasteiger partial charge in [0, 0.05) is 25.7 Å². The van der Waals surface area contributed by atoms with Crippen molar-refractivity contribution in [2.24, 2.45) is 0 Å². The second-order valence-corrected chi connectivity index (χ2v) is 4.93. The zero-order valence-corrected chi connectivity index (χ0v) is 11.6. The molecule has 0 aliphatic carbocycles. The van der Waals surface area contributed by atoms with Gasteiger partial charge in [0.1, 0.15) is 6.04 Å². The van der Waals surface area contributed by atoms with Crippen molar-refractivity contribution in [3.63, 3.8) is 0 Å². The van der Waals surface area contributed by atoms with E-state index in [0.717, 1.165) is 12.1 Å². The lowest BCUT2D eigenvalue weighted by molar-refractivity contribution is -0.139. The fraction of sp³-hybridized carbons (Fsp3) is 0.429. The Kier molecular flexibility index (Phi) is 3.93. The summed E-state index contributed by atoms with van der Waals surface area (Å²) in [6.45, 7) is 3.43. The van der Waals surface area contributed by atoms with Gasteiger partial charge in [-0.25, -0.2) is 0 Å². The molecule has 21 heavy (non-hydrogen) atoms. The van der Waals surface area contributed by atoms with E-state index in [9.17, 15) is 22.8 Å². The van der Waals surface area contributed by atoms with Crippen LogP contribution in [0.3, 0.4) is 0 Å². The third-order valence-corrected chi connectivity index (χ3v) is 3.55. The molecule has 1 aromatic rings. The lowest BCUT2D eigenvalue weighted by Gasteiger charge is -2.38. The smallest absolute Gasteiger partial charge is 0.329 e. The maximum absolute atomic E-state index is 12.7. The van der Waals surface area contributed by atoms with Crippen molar-refractivity contribution in [2.45, 2.75) is 26.1 Å². The summed E-state index contributed by atoms with van der Waals surface area (Å²) >= 11 is 0. The molecule has 1 aliphatic heterocycles. The van der Waals surface area contributed by atoms with Crippen LogP contribution in [-0.4, -0.2) is 35.8 Å². The van der Waals surface area contributed by atoms with E-state index in [2.05, 4.69) is 0 Å². The van der Waals surface area contributed by atoms with Crippen molar-refractivity contribution in [1.29, 1.82) is 0 Å². The van der Waals surface area contributed by atoms with Crippen LogP contribution >= 0.6 is 0 Å². The first-order valence-corrected chi connectivity index (χ1v) is 6.47. The molecule has 2 rings (SSSR count). The molecule has 0 radical (unpaired) electrons. The summed E-state index contributed by atoms with van der Waals surface area (Å²) in [7, 11) is 0. The Morgan fingerprint density at radius 3 is 2.52 bits per heavy atom. The van der Waals surface area contributed by atoms with Gasteiger partial charge in [-0.1, -0.05) is 6.07 Å². The molecule has 0 saturated carbocycles. The normalized spacial score (nSPS) is 19.9. The van der Waals surface area contributed by atoms with Gasteiger partial charge in [0.05, 0.1) is 5.56 Å². The maximum atomic E-state index is 12.7. The number of hydrogen-bond acceptors (Lipinski definition) is 2. The van der Waals surface area contributed by atoms with Gasteiger partial charge in [0.25, 0.3) is 0 Å². The van der Waals surface area contributed by atoms with E-state index in [1.807, 2.05) is 0 Å². The van der Waals surface area contributed by atoms with Crippen molar-refractivity contribution in [2.75, 3.05) is 18.0 Å². The molecule has 1 aliphatic rings. The molecule has 0 bridgehead atoms. The van der Waals surface area contributed by atoms with E-state index < -0.39 is 17.8 Å². The summed E-state index contributed by atoms with van der Waals surface area (Å²) in [6.07, 6.45) is -4.45. The zero-order valence-electron chi connectivity index (χ0n) is 11.6. The highest BCUT2D eigenvalue weighted by molar-refractivity contribution is 6.00. The minimum atomic E-state index is -4.45. The van der Waals surface area contributed by atoms with E-state index in [1.54, 1.807) is 6.92 Å². The van der Waals surface area contributed by atoms with Gasteiger partial charge < -0.3 is 9.80 Å². The van der Waals surface area contributed by atoms with E-state index in [4.69, 9.17) is 0 Å². The number of carbonyl (C=O) groups is 2. The minimum absolute atomic E-state index is 0.185. The van der Waals surface area contributed by atoms with Crippen molar-refractivity contribution >= 4 is 17.5 Å². The number of hydrogen-bond donors (Lipinski definition) is 0. The summed E-state index contributed by atoms with van der Waals surface area (Å²) < 4.78 is 38.2. The Balaban J connectivity index is 2.28. The molecule has 1 atom stereocenters. The van der Waals surface area contributed by atoms with E-state index in [-0.39, 0.29) is 24.0 Å². The third kappa shape index (κ3) is 3.01. The molecule has 7 heteroatoms. The molecule has 0 aromatic heterocycles. The average molecular weight is 300 g/mol. The summed E-state index contributed by atoms with van der Waals surface area (Å²) in [5, 5.41) is 0. The number of benzene rings is 1. The Bertz CT molecular complexity index is 572. The summed E-state index contributed by atoms with van der Waals surface area (Å²) in [5.74, 6) is -0.602. The van der Waals surface area contributed by atoms with Gasteiger partial charge >= 0.3 is 6.18 Å². The van der Waals surface area contributed by atoms with Gasteiger partial charge in [-0.05, 0) is 25.1 Å². The molecular formula is C14H15F3N2O2. The molecule has 2 amide bonds. The van der Waals surface area contributed by atoms with Crippen LogP contribution in [0, 0.1) is 0 Å². The topological polar surface area (TPSA) is 40.6 Å². The number of alkyl halides is 3. The van der Waals surface area contributed by atoms with Crippen LogP contribution in [0.4, 0.5) is 18.9 Å². The van der Waals surface area contributed by atoms with Crippen molar-refractivity contribution in [3.8, 4) is 0 Å². The second kappa shape index (κ2) is 5.38. The quantitative estimate of drug-likeness (QED) is 0.798. The second-order valence-electron chi connectivity index (χ2n) is 4.93. The van der Waals surface area contributed by atoms with Crippen LogP contribution in [0.15, 0.2) is 24.3 Å². The van der Waals surface area contributed by atoms with Crippen LogP contribution in [0.1, 0.15) is 19.4 Å². The Morgan fingerprint density at radius 1 is 1.29 bits per heavy atom. The van der Waals surface area contributed by atoms with Gasteiger partial charge in [-0.15, -0.1) is 0 Å². The van der Waals surface area contributed by atoms with Crippen molar-refractivity contribution in [3.05, 3.63) is 29.8 Å². The molecule has 0 unspecified atom stereocenters. The lowest BCUT2D eigenvalue weighted by Crippen LogP contribution is -2.57. The summed E-state index contributed by atoms with van der Waals surface area (Å²) in [4.78, 5) is 26.3. The molecule has 1 aromatic carbocycles. The van der Waals surface area contributed by atoms with Crippen LogP contribution in [-0.2, 0) is 15.8 Å². The molecule has 1 saturated heterocycles. The fourth-order valence-corrected chi connectivity index (χ4v) is 2.41. The fourth-order valence-electron chi connectivity index (χ4n) is 2.41. The Hall–Kier alpha value is -2.05. The number of rotatable bonds is 1. The Labute approximate surface area is 120 Å². The molecule has 1 heterocycles. The molecular weight excluding hydrogens is 285 g/mol. The summed E-state index contributed by atoms with van der Waals surface area (Å²) in [6, 6.07) is 3.97. The largest absolute Gasteiger partial charge is 0.416 e. The standard InChI is InChI=1S/C14H15F3N2O2/c1-9-13(21)19(7-6-18(9)10(2)20)12-5-3-4-11(8-12)14(15,16)17/h3-5,8-9H,6-7H2,1-2H3/t9-/m1/s1. The van der Waals surface area contributed by atoms with Crippen LogP contribution < -0.4 is 4.90 Å². The monoisotopic (exact) mass is 300 g/mol. The van der Waals surface area contributed by atoms with Crippen LogP contribution in [0.2, 0.25) is 0 Å². The number of carbonyl (C=O) groups excluding carboxylic acids is 2. The van der Waals surface area contributed by atoms with Crippen molar-refractivity contribution in [1.82, 2.24) is 4.90 Å². The SMILES string of the molecule is CC(=O)N1CCN(c2cccc(C(F)(F)F)c2)C(=O)[C@H]1C. The summed E-state index contributed by atoms with van der Waals surface area (Å²) in [5.41, 5.74) is -0.598. The molecule has 0 N–H and O–H groups in total. The number of halogens is 3. The maximum Gasteiger partial charge on any atom is 0.416 e. The average Bonchev–Trinajstić information content (AvgIpc) is 2.40. The zero-order chi connectivity index (χ0) is 15.8. The van der Waals surface area contributed by atoms with Gasteiger partial charge in [0.2, 0.25) is 11.8 Å². The van der Waals surface area contributed by atoms with E-state index in [1.165, 1.54) is 28.9 Å². The molecule has 114 valence electrons. The first-order chi connectivity index (χ1) is 9.71. The molecule has 4 nitrogen and oxygen atoms in total. The molecule has 0 spiro atoms. The number of anilines is 1. The lowest BCUT2D eigenvalue weighted by atomic mass is 10.1. The van der Waals surface area contributed by atoms with Gasteiger partial charge in [-0.2, -0.15) is 13.2 Å². The van der Waals surface area contributed by atoms with Crippen molar-refractivity contribution < 1.29 is 22.8 Å². The highest BCUT2D eigenvalue weighted by Crippen LogP contribution is 2.32. The third-order valence-electron chi connectivity index (χ3n) is 3.55. The highest BCUT2D eigenvalue weighted by atomic mass is 19.4. The van der Waals surface area contributed by atoms with E-state index >= 15 is 0 Å². The van der Waals surface area contributed by atoms with Gasteiger partial charge in [-0.3, -0.25) is 9.59 Å². The first-order valence-electron chi connectivity index (χ1n) is 6.47. The van der Waals surface area contributed by atoms with Gasteiger partial charge in [0.15, 0.2) is 0 Å². The number of amides is 2. The predicted molar refractivity (Wildman–Crippen MR) is 70.6 cm³/mol. The highest BCUT2D eigenvalue weighted by Gasteiger charge is 2.35. The number of piperazine rings is 1. The number of nitrogens with zero attached hydrogens (tertiary/aromatic N) is 2. The van der Waals surface area contributed by atoms with Crippen LogP contribution in [0.5, 0.6) is 0 Å². The van der Waals surface area contributed by atoms with E-state index in [0.29, 0.717) is 6.54 Å². The first kappa shape index (κ1) is 15.3.